The van der Waals surface area contributed by atoms with Crippen LogP contribution in [0.3, 0.4) is 0 Å². The van der Waals surface area contributed by atoms with Crippen LogP contribution in [0.2, 0.25) is 10.0 Å². The third-order valence-electron chi connectivity index (χ3n) is 3.24. The largest absolute Gasteiger partial charge is 0.325 e. The van der Waals surface area contributed by atoms with E-state index in [-0.39, 0.29) is 11.7 Å². The summed E-state index contributed by atoms with van der Waals surface area (Å²) in [6.07, 6.45) is 1.12. The molecule has 0 radical (unpaired) electrons. The summed E-state index contributed by atoms with van der Waals surface area (Å²) >= 11 is 11.8. The Morgan fingerprint density at radius 1 is 1.04 bits per heavy atom. The Morgan fingerprint density at radius 2 is 1.78 bits per heavy atom. The topological polar surface area (TPSA) is 41.1 Å². The first-order valence-electron chi connectivity index (χ1n) is 7.24. The fraction of sp³-hybridized carbons (Fsp3) is 0.235. The Morgan fingerprint density at radius 3 is 2.48 bits per heavy atom. The highest BCUT2D eigenvalue weighted by Crippen LogP contribution is 2.25. The molecule has 0 aliphatic carbocycles. The van der Waals surface area contributed by atoms with E-state index in [2.05, 4.69) is 10.6 Å². The van der Waals surface area contributed by atoms with E-state index in [1.54, 1.807) is 30.3 Å². The summed E-state index contributed by atoms with van der Waals surface area (Å²) < 4.78 is 12.8. The molecule has 0 fully saturated rings. The molecule has 122 valence electrons. The Kier molecular flexibility index (Phi) is 6.84. The van der Waals surface area contributed by atoms with Crippen molar-refractivity contribution in [2.45, 2.75) is 12.8 Å². The average Bonchev–Trinajstić information content (AvgIpc) is 2.51. The van der Waals surface area contributed by atoms with Gasteiger partial charge in [-0.1, -0.05) is 35.3 Å². The second-order valence-corrected chi connectivity index (χ2v) is 5.89. The molecule has 0 aliphatic rings. The Balaban J connectivity index is 1.65. The quantitative estimate of drug-likeness (QED) is 0.728. The molecular weight excluding hydrogens is 338 g/mol. The van der Waals surface area contributed by atoms with Crippen LogP contribution >= 0.6 is 23.2 Å². The van der Waals surface area contributed by atoms with Crippen LogP contribution in [0.5, 0.6) is 0 Å². The van der Waals surface area contributed by atoms with E-state index < -0.39 is 0 Å². The van der Waals surface area contributed by atoms with Gasteiger partial charge in [0.05, 0.1) is 10.7 Å². The smallest absolute Gasteiger partial charge is 0.225 e. The fourth-order valence-corrected chi connectivity index (χ4v) is 2.47. The minimum absolute atomic E-state index is 0.122. The van der Waals surface area contributed by atoms with Crippen molar-refractivity contribution >= 4 is 34.8 Å². The summed E-state index contributed by atoms with van der Waals surface area (Å²) in [4.78, 5) is 11.8. The maximum absolute atomic E-state index is 12.8. The Labute approximate surface area is 144 Å². The van der Waals surface area contributed by atoms with E-state index in [0.29, 0.717) is 28.7 Å². The van der Waals surface area contributed by atoms with Crippen LogP contribution in [0.1, 0.15) is 12.0 Å². The molecule has 0 aromatic heterocycles. The van der Waals surface area contributed by atoms with Gasteiger partial charge in [-0.3, -0.25) is 4.79 Å². The molecule has 0 heterocycles. The SMILES string of the molecule is O=C(CCNCCc1ccc(F)cc1)Nc1ccc(Cl)cc1Cl. The van der Waals surface area contributed by atoms with Crippen LogP contribution < -0.4 is 10.6 Å². The van der Waals surface area contributed by atoms with Crippen molar-refractivity contribution in [3.8, 4) is 0 Å². The minimum Gasteiger partial charge on any atom is -0.325 e. The minimum atomic E-state index is -0.237. The molecule has 2 rings (SSSR count). The van der Waals surface area contributed by atoms with Crippen molar-refractivity contribution in [2.24, 2.45) is 0 Å². The van der Waals surface area contributed by atoms with Gasteiger partial charge in [-0.15, -0.1) is 0 Å². The molecule has 23 heavy (non-hydrogen) atoms. The van der Waals surface area contributed by atoms with E-state index in [1.807, 2.05) is 0 Å². The number of benzene rings is 2. The number of anilines is 1. The third kappa shape index (κ3) is 6.18. The van der Waals surface area contributed by atoms with E-state index in [9.17, 15) is 9.18 Å². The molecule has 6 heteroatoms. The highest BCUT2D eigenvalue weighted by molar-refractivity contribution is 6.36. The Hall–Kier alpha value is -1.62. The van der Waals surface area contributed by atoms with Gasteiger partial charge in [0.25, 0.3) is 0 Å². The van der Waals surface area contributed by atoms with Crippen LogP contribution in [0.15, 0.2) is 42.5 Å². The molecule has 0 saturated carbocycles. The first-order chi connectivity index (χ1) is 11.0. The van der Waals surface area contributed by atoms with Crippen LogP contribution in [0.4, 0.5) is 10.1 Å². The van der Waals surface area contributed by atoms with Gasteiger partial charge in [-0.05, 0) is 48.9 Å². The zero-order valence-electron chi connectivity index (χ0n) is 12.4. The number of nitrogens with one attached hydrogen (secondary N) is 2. The molecule has 2 aromatic rings. The molecule has 0 atom stereocenters. The lowest BCUT2D eigenvalue weighted by molar-refractivity contribution is -0.116. The highest BCUT2D eigenvalue weighted by Gasteiger charge is 2.06. The predicted octanol–water partition coefficient (Wildman–Crippen LogP) is 4.29. The van der Waals surface area contributed by atoms with Gasteiger partial charge in [0.1, 0.15) is 5.82 Å². The van der Waals surface area contributed by atoms with E-state index in [0.717, 1.165) is 18.5 Å². The maximum atomic E-state index is 12.8. The summed E-state index contributed by atoms with van der Waals surface area (Å²) in [6.45, 7) is 1.28. The second kappa shape index (κ2) is 8.87. The summed E-state index contributed by atoms with van der Waals surface area (Å²) in [5.41, 5.74) is 1.60. The normalized spacial score (nSPS) is 10.6. The van der Waals surface area contributed by atoms with E-state index >= 15 is 0 Å². The summed E-state index contributed by atoms with van der Waals surface area (Å²) in [6, 6.07) is 11.3. The maximum Gasteiger partial charge on any atom is 0.225 e. The summed E-state index contributed by atoms with van der Waals surface area (Å²) in [7, 11) is 0. The van der Waals surface area contributed by atoms with Crippen molar-refractivity contribution < 1.29 is 9.18 Å². The van der Waals surface area contributed by atoms with Crippen molar-refractivity contribution in [3.05, 3.63) is 63.9 Å². The van der Waals surface area contributed by atoms with Gasteiger partial charge in [0.2, 0.25) is 5.91 Å². The zero-order valence-corrected chi connectivity index (χ0v) is 13.9. The van der Waals surface area contributed by atoms with Crippen molar-refractivity contribution in [1.82, 2.24) is 5.32 Å². The lowest BCUT2D eigenvalue weighted by Crippen LogP contribution is -2.23. The van der Waals surface area contributed by atoms with Gasteiger partial charge in [0.15, 0.2) is 0 Å². The average molecular weight is 355 g/mol. The number of hydrogen-bond donors (Lipinski definition) is 2. The number of halogens is 3. The van der Waals surface area contributed by atoms with Crippen LogP contribution in [-0.4, -0.2) is 19.0 Å². The van der Waals surface area contributed by atoms with Gasteiger partial charge in [-0.2, -0.15) is 0 Å². The molecule has 0 saturated heterocycles. The standard InChI is InChI=1S/C17H17Cl2FN2O/c18-13-3-6-16(15(19)11-13)22-17(23)8-10-21-9-7-12-1-4-14(20)5-2-12/h1-6,11,21H,7-10H2,(H,22,23). The molecular formula is C17H17Cl2FN2O. The molecule has 1 amide bonds. The number of carbonyl (C=O) groups is 1. The number of carbonyl (C=O) groups excluding carboxylic acids is 1. The van der Waals surface area contributed by atoms with Crippen LogP contribution in [0, 0.1) is 5.82 Å². The Bertz CT molecular complexity index is 662. The van der Waals surface area contributed by atoms with Gasteiger partial charge in [-0.25, -0.2) is 4.39 Å². The molecule has 0 bridgehead atoms. The van der Waals surface area contributed by atoms with Crippen LogP contribution in [-0.2, 0) is 11.2 Å². The van der Waals surface area contributed by atoms with E-state index in [4.69, 9.17) is 23.2 Å². The molecule has 0 unspecified atom stereocenters. The highest BCUT2D eigenvalue weighted by atomic mass is 35.5. The van der Waals surface area contributed by atoms with Gasteiger partial charge in [0, 0.05) is 18.0 Å². The van der Waals surface area contributed by atoms with Gasteiger partial charge >= 0.3 is 0 Å². The molecule has 3 nitrogen and oxygen atoms in total. The van der Waals surface area contributed by atoms with Crippen molar-refractivity contribution in [1.29, 1.82) is 0 Å². The molecule has 2 N–H and O–H groups in total. The predicted molar refractivity (Wildman–Crippen MR) is 92.7 cm³/mol. The number of amides is 1. The van der Waals surface area contributed by atoms with Crippen molar-refractivity contribution in [2.75, 3.05) is 18.4 Å². The second-order valence-electron chi connectivity index (χ2n) is 5.05. The lowest BCUT2D eigenvalue weighted by atomic mass is 10.1. The lowest BCUT2D eigenvalue weighted by Gasteiger charge is -2.08. The van der Waals surface area contributed by atoms with Crippen molar-refractivity contribution in [3.63, 3.8) is 0 Å². The third-order valence-corrected chi connectivity index (χ3v) is 3.79. The first-order valence-corrected chi connectivity index (χ1v) is 8.00. The zero-order chi connectivity index (χ0) is 16.7. The fourth-order valence-electron chi connectivity index (χ4n) is 2.01. The monoisotopic (exact) mass is 354 g/mol. The van der Waals surface area contributed by atoms with Gasteiger partial charge < -0.3 is 10.6 Å². The molecule has 2 aromatic carbocycles. The van der Waals surface area contributed by atoms with E-state index in [1.165, 1.54) is 12.1 Å². The summed E-state index contributed by atoms with van der Waals surface area (Å²) in [5.74, 6) is -0.359. The first kappa shape index (κ1) is 17.7. The molecule has 0 spiro atoms. The summed E-state index contributed by atoms with van der Waals surface area (Å²) in [5, 5.41) is 6.86. The molecule has 0 aliphatic heterocycles. The number of hydrogen-bond acceptors (Lipinski definition) is 2. The number of rotatable bonds is 7. The van der Waals surface area contributed by atoms with Crippen LogP contribution in [0.25, 0.3) is 0 Å².